The van der Waals surface area contributed by atoms with Gasteiger partial charge in [0.2, 0.25) is 0 Å². The summed E-state index contributed by atoms with van der Waals surface area (Å²) in [4.78, 5) is 2.77. The van der Waals surface area contributed by atoms with Crippen LogP contribution in [-0.4, -0.2) is 20.5 Å². The summed E-state index contributed by atoms with van der Waals surface area (Å²) in [6, 6.07) is 0.883. The van der Waals surface area contributed by atoms with Crippen molar-refractivity contribution in [2.24, 2.45) is 12.5 Å². The lowest BCUT2D eigenvalue weighted by molar-refractivity contribution is -0.688. The Morgan fingerprint density at radius 2 is 1.58 bits per heavy atom. The Morgan fingerprint density at radius 3 is 2.00 bits per heavy atom. The van der Waals surface area contributed by atoms with Crippen LogP contribution in [0.1, 0.15) is 98.0 Å². The average Bonchev–Trinajstić information content (AvgIpc) is 2.68. The van der Waals surface area contributed by atoms with Gasteiger partial charge in [0.25, 0.3) is 5.82 Å². The third-order valence-corrected chi connectivity index (χ3v) is 6.00. The molecule has 1 aliphatic rings. The number of imidazole rings is 1. The summed E-state index contributed by atoms with van der Waals surface area (Å²) in [6.07, 6.45) is 1.21. The molecule has 3 heteroatoms. The number of hydrogen-bond donors (Lipinski definition) is 0. The number of rotatable bonds is 2. The van der Waals surface area contributed by atoms with Gasteiger partial charge in [0.05, 0.1) is 13.1 Å². The van der Waals surface area contributed by atoms with Crippen LogP contribution in [0.2, 0.25) is 0 Å². The lowest BCUT2D eigenvalue weighted by Gasteiger charge is -2.45. The Kier molecular flexibility index (Phi) is 4.54. The van der Waals surface area contributed by atoms with Crippen molar-refractivity contribution < 1.29 is 4.57 Å². The van der Waals surface area contributed by atoms with Gasteiger partial charge < -0.3 is 0 Å². The molecule has 2 rings (SSSR count). The van der Waals surface area contributed by atoms with Crippen LogP contribution in [0.3, 0.4) is 0 Å². The van der Waals surface area contributed by atoms with Crippen molar-refractivity contribution in [2.75, 3.05) is 0 Å². The zero-order valence-corrected chi connectivity index (χ0v) is 18.2. The topological polar surface area (TPSA) is 12.1 Å². The fourth-order valence-electron chi connectivity index (χ4n) is 5.65. The van der Waals surface area contributed by atoms with E-state index < -0.39 is 0 Å². The maximum atomic E-state index is 2.77. The van der Waals surface area contributed by atoms with Crippen molar-refractivity contribution in [1.29, 1.82) is 0 Å². The normalized spacial score (nSPS) is 24.1. The summed E-state index contributed by atoms with van der Waals surface area (Å²) in [7, 11) is 2.25. The Labute approximate surface area is 150 Å². The predicted molar refractivity (Wildman–Crippen MR) is 102 cm³/mol. The van der Waals surface area contributed by atoms with Crippen molar-refractivity contribution in [3.63, 3.8) is 0 Å². The molecule has 0 bridgehead atoms. The lowest BCUT2D eigenvalue weighted by Crippen LogP contribution is -2.54. The van der Waals surface area contributed by atoms with Crippen LogP contribution in [0.15, 0.2) is 0 Å². The molecule has 1 aromatic rings. The Hall–Kier alpha value is -0.830. The van der Waals surface area contributed by atoms with Gasteiger partial charge in [0, 0.05) is 24.9 Å². The first-order chi connectivity index (χ1) is 10.6. The fourth-order valence-corrected chi connectivity index (χ4v) is 5.65. The van der Waals surface area contributed by atoms with Crippen molar-refractivity contribution in [3.8, 4) is 0 Å². The molecule has 0 aromatic carbocycles. The van der Waals surface area contributed by atoms with E-state index in [9.17, 15) is 0 Å². The minimum absolute atomic E-state index is 0.128. The zero-order chi connectivity index (χ0) is 18.8. The van der Waals surface area contributed by atoms with Crippen molar-refractivity contribution in [1.82, 2.24) is 9.47 Å². The molecule has 24 heavy (non-hydrogen) atoms. The van der Waals surface area contributed by atoms with Gasteiger partial charge in [-0.3, -0.25) is 4.90 Å². The summed E-state index contributed by atoms with van der Waals surface area (Å²) >= 11 is 0. The molecule has 1 saturated heterocycles. The SMILES string of the molecule is Cc1c(C)[n+](C)c([C@H]2N(C(C)(C)C)C(C)(C)CC2(C)C)n1C(C)C. The highest BCUT2D eigenvalue weighted by molar-refractivity contribution is 5.18. The molecule has 0 radical (unpaired) electrons. The van der Waals surface area contributed by atoms with E-state index in [2.05, 4.69) is 97.2 Å². The molecule has 0 aliphatic carbocycles. The molecule has 1 aromatic heterocycles. The Bertz CT molecular complexity index is 626. The molecule has 0 spiro atoms. The van der Waals surface area contributed by atoms with Crippen LogP contribution < -0.4 is 4.57 Å². The van der Waals surface area contributed by atoms with Crippen molar-refractivity contribution in [2.45, 2.75) is 106 Å². The third-order valence-electron chi connectivity index (χ3n) is 6.00. The van der Waals surface area contributed by atoms with Crippen LogP contribution in [0.5, 0.6) is 0 Å². The van der Waals surface area contributed by atoms with Crippen LogP contribution >= 0.6 is 0 Å². The maximum absolute atomic E-state index is 2.77. The first-order valence-electron chi connectivity index (χ1n) is 9.49. The quantitative estimate of drug-likeness (QED) is 0.703. The second-order valence-corrected chi connectivity index (χ2v) is 10.5. The highest BCUT2D eigenvalue weighted by atomic mass is 15.3. The standard InChI is InChI=1S/C21H40N3/c1-14(2)23-16(4)15(3)22(12)18(23)17-20(8,9)13-21(10,11)24(17)19(5,6)7/h14,17H,13H2,1-12H3/q+1/t17-/m1/s1. The van der Waals surface area contributed by atoms with Gasteiger partial charge >= 0.3 is 0 Å². The molecule has 1 aliphatic heterocycles. The Morgan fingerprint density at radius 1 is 1.08 bits per heavy atom. The van der Waals surface area contributed by atoms with Crippen molar-refractivity contribution in [3.05, 3.63) is 17.2 Å². The van der Waals surface area contributed by atoms with E-state index in [-0.39, 0.29) is 16.5 Å². The molecule has 0 unspecified atom stereocenters. The summed E-state index contributed by atoms with van der Waals surface area (Å²) < 4.78 is 5.02. The molecule has 0 saturated carbocycles. The fraction of sp³-hybridized carbons (Fsp3) is 0.857. The number of hydrogen-bond acceptors (Lipinski definition) is 1. The summed E-state index contributed by atoms with van der Waals surface area (Å²) in [5, 5.41) is 0. The number of likely N-dealkylation sites (tertiary alicyclic amines) is 1. The van der Waals surface area contributed by atoms with Gasteiger partial charge in [0.15, 0.2) is 0 Å². The van der Waals surface area contributed by atoms with Gasteiger partial charge in [0.1, 0.15) is 17.4 Å². The molecule has 138 valence electrons. The first-order valence-corrected chi connectivity index (χ1v) is 9.49. The summed E-state index contributed by atoms with van der Waals surface area (Å²) in [5.74, 6) is 1.46. The highest BCUT2D eigenvalue weighted by Gasteiger charge is 2.58. The lowest BCUT2D eigenvalue weighted by atomic mass is 9.80. The second kappa shape index (κ2) is 5.59. The molecule has 0 amide bonds. The van der Waals surface area contributed by atoms with E-state index in [1.54, 1.807) is 0 Å². The van der Waals surface area contributed by atoms with E-state index in [1.807, 2.05) is 0 Å². The second-order valence-electron chi connectivity index (χ2n) is 10.5. The van der Waals surface area contributed by atoms with Crippen LogP contribution in [-0.2, 0) is 7.05 Å². The summed E-state index contributed by atoms with van der Waals surface area (Å²) in [5.41, 5.74) is 3.33. The smallest absolute Gasteiger partial charge is 0.275 e. The van der Waals surface area contributed by atoms with Crippen LogP contribution in [0.25, 0.3) is 0 Å². The molecule has 1 fully saturated rings. The predicted octanol–water partition coefficient (Wildman–Crippen LogP) is 4.86. The van der Waals surface area contributed by atoms with E-state index >= 15 is 0 Å². The van der Waals surface area contributed by atoms with Gasteiger partial charge in [-0.15, -0.1) is 0 Å². The first kappa shape index (κ1) is 19.5. The molecule has 0 N–H and O–H groups in total. The Balaban J connectivity index is 2.80. The third kappa shape index (κ3) is 2.83. The average molecular weight is 335 g/mol. The summed E-state index contributed by atoms with van der Waals surface area (Å²) in [6.45, 7) is 26.0. The van der Waals surface area contributed by atoms with Gasteiger partial charge in [-0.25, -0.2) is 9.13 Å². The van der Waals surface area contributed by atoms with E-state index in [0.717, 1.165) is 0 Å². The van der Waals surface area contributed by atoms with Gasteiger partial charge in [-0.05, 0) is 60.3 Å². The molecule has 1 atom stereocenters. The number of nitrogens with zero attached hydrogens (tertiary/aromatic N) is 3. The molecular weight excluding hydrogens is 294 g/mol. The molecular formula is C21H40N3+. The van der Waals surface area contributed by atoms with Crippen LogP contribution in [0, 0.1) is 19.3 Å². The largest absolute Gasteiger partial charge is 0.279 e. The van der Waals surface area contributed by atoms with Crippen molar-refractivity contribution >= 4 is 0 Å². The maximum Gasteiger partial charge on any atom is 0.275 e. The van der Waals surface area contributed by atoms with E-state index in [0.29, 0.717) is 12.1 Å². The van der Waals surface area contributed by atoms with E-state index in [4.69, 9.17) is 0 Å². The number of aromatic nitrogens is 2. The molecule has 3 nitrogen and oxygen atoms in total. The van der Waals surface area contributed by atoms with E-state index in [1.165, 1.54) is 23.6 Å². The van der Waals surface area contributed by atoms with Gasteiger partial charge in [-0.2, -0.15) is 0 Å². The monoisotopic (exact) mass is 334 g/mol. The minimum atomic E-state index is 0.128. The van der Waals surface area contributed by atoms with Gasteiger partial charge in [-0.1, -0.05) is 13.8 Å². The highest BCUT2D eigenvalue weighted by Crippen LogP contribution is 2.56. The van der Waals surface area contributed by atoms with Crippen LogP contribution in [0.4, 0.5) is 0 Å². The molecule has 2 heterocycles. The minimum Gasteiger partial charge on any atom is -0.279 e. The zero-order valence-electron chi connectivity index (χ0n) is 18.2.